The second-order valence-electron chi connectivity index (χ2n) is 4.49. The Kier molecular flexibility index (Phi) is 4.96. The Morgan fingerprint density at radius 1 is 1.10 bits per heavy atom. The summed E-state index contributed by atoms with van der Waals surface area (Å²) in [5.41, 5.74) is 1.15. The van der Waals surface area contributed by atoms with Gasteiger partial charge < -0.3 is 14.8 Å². The molecule has 1 N–H and O–H groups in total. The van der Waals surface area contributed by atoms with E-state index in [2.05, 4.69) is 24.1 Å². The first-order chi connectivity index (χ1) is 9.72. The van der Waals surface area contributed by atoms with Gasteiger partial charge in [0.05, 0.1) is 7.11 Å². The van der Waals surface area contributed by atoms with Gasteiger partial charge in [-0.25, -0.2) is 4.98 Å². The van der Waals surface area contributed by atoms with Crippen LogP contribution in [0, 0.1) is 0 Å². The number of hydrogen-bond donors (Lipinski definition) is 1. The van der Waals surface area contributed by atoms with Crippen molar-refractivity contribution in [3.63, 3.8) is 0 Å². The van der Waals surface area contributed by atoms with Gasteiger partial charge in [0.2, 0.25) is 5.88 Å². The van der Waals surface area contributed by atoms with Crippen molar-refractivity contribution in [2.45, 2.75) is 19.9 Å². The van der Waals surface area contributed by atoms with E-state index < -0.39 is 0 Å². The molecule has 1 unspecified atom stereocenters. The minimum atomic E-state index is 0.294. The summed E-state index contributed by atoms with van der Waals surface area (Å²) in [6, 6.07) is 11.6. The predicted molar refractivity (Wildman–Crippen MR) is 79.4 cm³/mol. The van der Waals surface area contributed by atoms with Crippen LogP contribution in [0.25, 0.3) is 0 Å². The molecule has 1 heterocycles. The summed E-state index contributed by atoms with van der Waals surface area (Å²) in [7, 11) is 1.64. The maximum absolute atomic E-state index is 5.69. The number of hydrogen-bond acceptors (Lipinski definition) is 4. The fourth-order valence-electron chi connectivity index (χ4n) is 1.90. The fraction of sp³-hybridized carbons (Fsp3) is 0.312. The monoisotopic (exact) mass is 272 g/mol. The Labute approximate surface area is 119 Å². The molecule has 106 valence electrons. The van der Waals surface area contributed by atoms with E-state index >= 15 is 0 Å². The topological polar surface area (TPSA) is 43.4 Å². The smallest absolute Gasteiger partial charge is 0.219 e. The number of aromatic nitrogens is 1. The molecule has 1 atom stereocenters. The fourth-order valence-corrected chi connectivity index (χ4v) is 1.90. The zero-order valence-electron chi connectivity index (χ0n) is 12.1. The largest absolute Gasteiger partial charge is 0.497 e. The van der Waals surface area contributed by atoms with Gasteiger partial charge in [0.25, 0.3) is 0 Å². The lowest BCUT2D eigenvalue weighted by molar-refractivity contribution is 0.412. The molecule has 0 radical (unpaired) electrons. The first kappa shape index (κ1) is 14.3. The van der Waals surface area contributed by atoms with Gasteiger partial charge in [0.15, 0.2) is 0 Å². The molecule has 4 nitrogen and oxygen atoms in total. The molecule has 2 aromatic rings. The first-order valence-corrected chi connectivity index (χ1v) is 6.74. The van der Waals surface area contributed by atoms with E-state index in [1.807, 2.05) is 42.6 Å². The van der Waals surface area contributed by atoms with E-state index in [1.54, 1.807) is 7.11 Å². The van der Waals surface area contributed by atoms with Crippen molar-refractivity contribution >= 4 is 0 Å². The zero-order valence-corrected chi connectivity index (χ0v) is 12.1. The third-order valence-corrected chi connectivity index (χ3v) is 3.05. The van der Waals surface area contributed by atoms with Gasteiger partial charge >= 0.3 is 0 Å². The molecule has 20 heavy (non-hydrogen) atoms. The third kappa shape index (κ3) is 3.71. The van der Waals surface area contributed by atoms with Gasteiger partial charge in [0.1, 0.15) is 11.5 Å². The summed E-state index contributed by atoms with van der Waals surface area (Å²) in [5, 5.41) is 3.35. The molecule has 0 amide bonds. The van der Waals surface area contributed by atoms with E-state index in [1.165, 1.54) is 0 Å². The van der Waals surface area contributed by atoms with Crippen molar-refractivity contribution in [3.05, 3.63) is 48.2 Å². The Morgan fingerprint density at radius 2 is 1.80 bits per heavy atom. The summed E-state index contributed by atoms with van der Waals surface area (Å²) in [4.78, 5) is 4.33. The van der Waals surface area contributed by atoms with Crippen LogP contribution < -0.4 is 14.8 Å². The molecule has 2 rings (SSSR count). The Hall–Kier alpha value is -2.07. The van der Waals surface area contributed by atoms with Gasteiger partial charge in [-0.15, -0.1) is 0 Å². The average Bonchev–Trinajstić information content (AvgIpc) is 2.49. The second-order valence-corrected chi connectivity index (χ2v) is 4.49. The van der Waals surface area contributed by atoms with E-state index in [0.29, 0.717) is 11.9 Å². The molecule has 4 heteroatoms. The summed E-state index contributed by atoms with van der Waals surface area (Å²) in [6.45, 7) is 5.14. The van der Waals surface area contributed by atoms with Crippen molar-refractivity contribution in [1.29, 1.82) is 0 Å². The molecular formula is C16H20N2O2. The first-order valence-electron chi connectivity index (χ1n) is 6.74. The number of ether oxygens (including phenoxy) is 2. The molecule has 1 aromatic carbocycles. The Bertz CT molecular complexity index is 523. The van der Waals surface area contributed by atoms with Crippen molar-refractivity contribution in [2.24, 2.45) is 0 Å². The van der Waals surface area contributed by atoms with Crippen LogP contribution in [0.1, 0.15) is 25.5 Å². The molecule has 0 aliphatic carbocycles. The maximum Gasteiger partial charge on any atom is 0.219 e. The van der Waals surface area contributed by atoms with Gasteiger partial charge in [0, 0.05) is 18.3 Å². The van der Waals surface area contributed by atoms with Crippen LogP contribution in [0.3, 0.4) is 0 Å². The summed E-state index contributed by atoms with van der Waals surface area (Å²) in [6.07, 6.45) is 1.84. The quantitative estimate of drug-likeness (QED) is 0.873. The van der Waals surface area contributed by atoms with Crippen LogP contribution in [-0.4, -0.2) is 18.6 Å². The highest BCUT2D eigenvalue weighted by molar-refractivity contribution is 5.33. The highest BCUT2D eigenvalue weighted by Gasteiger charge is 2.05. The molecule has 0 fully saturated rings. The number of methoxy groups -OCH3 is 1. The average molecular weight is 272 g/mol. The van der Waals surface area contributed by atoms with E-state index in [0.717, 1.165) is 23.6 Å². The van der Waals surface area contributed by atoms with Crippen LogP contribution in [0.15, 0.2) is 42.6 Å². The number of benzene rings is 1. The lowest BCUT2D eigenvalue weighted by atomic mass is 10.1. The highest BCUT2D eigenvalue weighted by Crippen LogP contribution is 2.23. The van der Waals surface area contributed by atoms with Crippen LogP contribution in [0.5, 0.6) is 17.4 Å². The standard InChI is InChI=1S/C16H20N2O2/c1-4-17-12(2)13-5-10-16(18-11-13)20-15-8-6-14(19-3)7-9-15/h5-12,17H,4H2,1-3H3. The molecular weight excluding hydrogens is 252 g/mol. The summed E-state index contributed by atoms with van der Waals surface area (Å²) < 4.78 is 10.8. The molecule has 0 aliphatic rings. The molecule has 0 spiro atoms. The molecule has 0 saturated heterocycles. The second kappa shape index (κ2) is 6.91. The SMILES string of the molecule is CCNC(C)c1ccc(Oc2ccc(OC)cc2)nc1. The molecule has 0 bridgehead atoms. The van der Waals surface area contributed by atoms with Crippen molar-refractivity contribution in [2.75, 3.05) is 13.7 Å². The van der Waals surface area contributed by atoms with Gasteiger partial charge in [-0.1, -0.05) is 13.0 Å². The number of nitrogens with one attached hydrogen (secondary N) is 1. The normalized spacial score (nSPS) is 11.9. The molecule has 0 aliphatic heterocycles. The van der Waals surface area contributed by atoms with Crippen LogP contribution in [-0.2, 0) is 0 Å². The van der Waals surface area contributed by atoms with Gasteiger partial charge in [-0.3, -0.25) is 0 Å². The van der Waals surface area contributed by atoms with Crippen molar-refractivity contribution in [1.82, 2.24) is 10.3 Å². The van der Waals surface area contributed by atoms with Crippen LogP contribution in [0.4, 0.5) is 0 Å². The van der Waals surface area contributed by atoms with Crippen LogP contribution in [0.2, 0.25) is 0 Å². The number of rotatable bonds is 6. The molecule has 1 aromatic heterocycles. The lowest BCUT2D eigenvalue weighted by Crippen LogP contribution is -2.17. The zero-order chi connectivity index (χ0) is 14.4. The lowest BCUT2D eigenvalue weighted by Gasteiger charge is -2.12. The number of pyridine rings is 1. The molecule has 0 saturated carbocycles. The predicted octanol–water partition coefficient (Wildman–Crippen LogP) is 3.55. The summed E-state index contributed by atoms with van der Waals surface area (Å²) in [5.74, 6) is 2.13. The number of nitrogens with zero attached hydrogens (tertiary/aromatic N) is 1. The van der Waals surface area contributed by atoms with Gasteiger partial charge in [-0.2, -0.15) is 0 Å². The van der Waals surface area contributed by atoms with E-state index in [4.69, 9.17) is 9.47 Å². The minimum absolute atomic E-state index is 0.294. The van der Waals surface area contributed by atoms with Crippen molar-refractivity contribution < 1.29 is 9.47 Å². The highest BCUT2D eigenvalue weighted by atomic mass is 16.5. The van der Waals surface area contributed by atoms with Crippen LogP contribution >= 0.6 is 0 Å². The van der Waals surface area contributed by atoms with E-state index in [9.17, 15) is 0 Å². The Balaban J connectivity index is 2.02. The Morgan fingerprint density at radius 3 is 2.35 bits per heavy atom. The van der Waals surface area contributed by atoms with Crippen molar-refractivity contribution in [3.8, 4) is 17.4 Å². The minimum Gasteiger partial charge on any atom is -0.497 e. The van der Waals surface area contributed by atoms with E-state index in [-0.39, 0.29) is 0 Å². The van der Waals surface area contributed by atoms with Gasteiger partial charge in [-0.05, 0) is 43.3 Å². The summed E-state index contributed by atoms with van der Waals surface area (Å²) >= 11 is 0. The maximum atomic E-state index is 5.69. The third-order valence-electron chi connectivity index (χ3n) is 3.05.